The van der Waals surface area contributed by atoms with Crippen LogP contribution in [0.25, 0.3) is 0 Å². The van der Waals surface area contributed by atoms with E-state index in [0.717, 1.165) is 17.3 Å². The SMILES string of the molecule is OCCOCCSCc1ccc(Cl)o1. The minimum atomic E-state index is 0.0818. The lowest BCUT2D eigenvalue weighted by Gasteiger charge is -2.00. The van der Waals surface area contributed by atoms with Crippen LogP contribution in [0.3, 0.4) is 0 Å². The largest absolute Gasteiger partial charge is 0.449 e. The molecule has 0 atom stereocenters. The van der Waals surface area contributed by atoms with E-state index in [4.69, 9.17) is 25.9 Å². The van der Waals surface area contributed by atoms with Crippen molar-refractivity contribution in [3.05, 3.63) is 23.1 Å². The van der Waals surface area contributed by atoms with Crippen LogP contribution < -0.4 is 0 Å². The number of thioether (sulfide) groups is 1. The molecule has 0 fully saturated rings. The Morgan fingerprint density at radius 3 is 2.93 bits per heavy atom. The van der Waals surface area contributed by atoms with Crippen LogP contribution in [0.2, 0.25) is 5.22 Å². The minimum Gasteiger partial charge on any atom is -0.449 e. The molecule has 5 heteroatoms. The third-order valence-corrected chi connectivity index (χ3v) is 2.63. The number of ether oxygens (including phenoxy) is 1. The van der Waals surface area contributed by atoms with Crippen molar-refractivity contribution in [1.82, 2.24) is 0 Å². The highest BCUT2D eigenvalue weighted by Crippen LogP contribution is 2.18. The van der Waals surface area contributed by atoms with Gasteiger partial charge in [0.05, 0.1) is 25.6 Å². The molecular formula is C9H13ClO3S. The molecule has 1 rings (SSSR count). The van der Waals surface area contributed by atoms with Gasteiger partial charge in [-0.1, -0.05) is 0 Å². The molecular weight excluding hydrogens is 224 g/mol. The van der Waals surface area contributed by atoms with Gasteiger partial charge in [-0.15, -0.1) is 0 Å². The first-order valence-electron chi connectivity index (χ1n) is 4.33. The Morgan fingerprint density at radius 1 is 1.43 bits per heavy atom. The summed E-state index contributed by atoms with van der Waals surface area (Å²) in [6.07, 6.45) is 0. The Balaban J connectivity index is 1.99. The van der Waals surface area contributed by atoms with Gasteiger partial charge in [0.15, 0.2) is 5.22 Å². The number of furan rings is 1. The van der Waals surface area contributed by atoms with E-state index in [1.54, 1.807) is 17.8 Å². The van der Waals surface area contributed by atoms with Crippen LogP contribution in [-0.4, -0.2) is 30.7 Å². The molecule has 0 radical (unpaired) electrons. The van der Waals surface area contributed by atoms with Crippen LogP contribution >= 0.6 is 23.4 Å². The maximum Gasteiger partial charge on any atom is 0.193 e. The summed E-state index contributed by atoms with van der Waals surface area (Å²) in [5.41, 5.74) is 0. The van der Waals surface area contributed by atoms with E-state index >= 15 is 0 Å². The maximum absolute atomic E-state index is 8.44. The van der Waals surface area contributed by atoms with Crippen molar-refractivity contribution >= 4 is 23.4 Å². The van der Waals surface area contributed by atoms with Gasteiger partial charge in [0.2, 0.25) is 0 Å². The molecule has 0 bridgehead atoms. The second-order valence-corrected chi connectivity index (χ2v) is 4.07. The Labute approximate surface area is 92.4 Å². The van der Waals surface area contributed by atoms with E-state index in [0.29, 0.717) is 18.4 Å². The predicted molar refractivity (Wildman–Crippen MR) is 57.8 cm³/mol. The summed E-state index contributed by atoms with van der Waals surface area (Å²) in [5.74, 6) is 2.57. The number of halogens is 1. The lowest BCUT2D eigenvalue weighted by atomic mass is 10.5. The fraction of sp³-hybridized carbons (Fsp3) is 0.556. The van der Waals surface area contributed by atoms with Crippen molar-refractivity contribution in [1.29, 1.82) is 0 Å². The summed E-state index contributed by atoms with van der Waals surface area (Å²) in [5, 5.41) is 8.87. The number of aliphatic hydroxyl groups is 1. The zero-order valence-electron chi connectivity index (χ0n) is 7.74. The van der Waals surface area contributed by atoms with Gasteiger partial charge in [0.1, 0.15) is 5.76 Å². The summed E-state index contributed by atoms with van der Waals surface area (Å²) in [7, 11) is 0. The topological polar surface area (TPSA) is 42.6 Å². The van der Waals surface area contributed by atoms with E-state index in [-0.39, 0.29) is 6.61 Å². The molecule has 0 amide bonds. The Morgan fingerprint density at radius 2 is 2.29 bits per heavy atom. The monoisotopic (exact) mass is 236 g/mol. The maximum atomic E-state index is 8.44. The van der Waals surface area contributed by atoms with Crippen LogP contribution in [-0.2, 0) is 10.5 Å². The van der Waals surface area contributed by atoms with Gasteiger partial charge >= 0.3 is 0 Å². The van der Waals surface area contributed by atoms with Gasteiger partial charge in [0.25, 0.3) is 0 Å². The molecule has 1 aromatic heterocycles. The van der Waals surface area contributed by atoms with Crippen molar-refractivity contribution in [2.24, 2.45) is 0 Å². The molecule has 0 saturated carbocycles. The lowest BCUT2D eigenvalue weighted by molar-refractivity contribution is 0.103. The van der Waals surface area contributed by atoms with Gasteiger partial charge in [-0.05, 0) is 23.7 Å². The molecule has 14 heavy (non-hydrogen) atoms. The van der Waals surface area contributed by atoms with Crippen molar-refractivity contribution in [3.63, 3.8) is 0 Å². The molecule has 0 aliphatic rings. The molecule has 3 nitrogen and oxygen atoms in total. The summed E-state index contributed by atoms with van der Waals surface area (Å²) in [6, 6.07) is 3.60. The standard InChI is InChI=1S/C9H13ClO3S/c10-9-2-1-8(13-9)7-14-6-5-12-4-3-11/h1-2,11H,3-7H2. The van der Waals surface area contributed by atoms with Crippen LogP contribution in [0.4, 0.5) is 0 Å². The van der Waals surface area contributed by atoms with Crippen molar-refractivity contribution in [3.8, 4) is 0 Å². The Kier molecular flexibility index (Phi) is 6.10. The van der Waals surface area contributed by atoms with Crippen LogP contribution in [0.15, 0.2) is 16.5 Å². The summed E-state index contributed by atoms with van der Waals surface area (Å²) < 4.78 is 10.3. The molecule has 1 heterocycles. The third-order valence-electron chi connectivity index (χ3n) is 1.48. The molecule has 0 unspecified atom stereocenters. The molecule has 0 aliphatic heterocycles. The third kappa shape index (κ3) is 4.91. The van der Waals surface area contributed by atoms with Crippen molar-refractivity contribution < 1.29 is 14.3 Å². The molecule has 0 saturated heterocycles. The first kappa shape index (κ1) is 11.9. The molecule has 0 aromatic carbocycles. The number of rotatable bonds is 7. The number of hydrogen-bond acceptors (Lipinski definition) is 4. The van der Waals surface area contributed by atoms with Gasteiger partial charge in [-0.25, -0.2) is 0 Å². The highest BCUT2D eigenvalue weighted by Gasteiger charge is 1.99. The normalized spacial score (nSPS) is 10.7. The smallest absolute Gasteiger partial charge is 0.193 e. The number of hydrogen-bond donors (Lipinski definition) is 1. The highest BCUT2D eigenvalue weighted by atomic mass is 35.5. The average molecular weight is 237 g/mol. The van der Waals surface area contributed by atoms with Gasteiger partial charge in [-0.2, -0.15) is 11.8 Å². The lowest BCUT2D eigenvalue weighted by Crippen LogP contribution is -2.02. The van der Waals surface area contributed by atoms with Gasteiger partial charge in [0, 0.05) is 5.75 Å². The zero-order chi connectivity index (χ0) is 10.2. The summed E-state index contributed by atoms with van der Waals surface area (Å²) >= 11 is 7.32. The predicted octanol–water partition coefficient (Wildman–Crippen LogP) is 2.18. The quantitative estimate of drug-likeness (QED) is 0.737. The number of aliphatic hydroxyl groups excluding tert-OH is 1. The van der Waals surface area contributed by atoms with Gasteiger partial charge in [-0.3, -0.25) is 0 Å². The zero-order valence-corrected chi connectivity index (χ0v) is 9.31. The summed E-state index contributed by atoms with van der Waals surface area (Å²) in [6.45, 7) is 1.14. The first-order valence-corrected chi connectivity index (χ1v) is 5.87. The Hall–Kier alpha value is -0.160. The van der Waals surface area contributed by atoms with E-state index < -0.39 is 0 Å². The highest BCUT2D eigenvalue weighted by molar-refractivity contribution is 7.98. The molecule has 0 aliphatic carbocycles. The van der Waals surface area contributed by atoms with E-state index in [2.05, 4.69) is 0 Å². The van der Waals surface area contributed by atoms with Crippen molar-refractivity contribution in [2.45, 2.75) is 5.75 Å². The summed E-state index contributed by atoms with van der Waals surface area (Å²) in [4.78, 5) is 0. The minimum absolute atomic E-state index is 0.0818. The van der Waals surface area contributed by atoms with Crippen LogP contribution in [0, 0.1) is 0 Å². The second-order valence-electron chi connectivity index (χ2n) is 2.59. The van der Waals surface area contributed by atoms with Gasteiger partial charge < -0.3 is 14.3 Å². The molecule has 0 spiro atoms. The molecule has 1 aromatic rings. The molecule has 80 valence electrons. The van der Waals surface area contributed by atoms with E-state index in [1.165, 1.54) is 0 Å². The van der Waals surface area contributed by atoms with E-state index in [1.807, 2.05) is 6.07 Å². The Bertz CT molecular complexity index is 252. The van der Waals surface area contributed by atoms with Crippen LogP contribution in [0.5, 0.6) is 0 Å². The van der Waals surface area contributed by atoms with E-state index in [9.17, 15) is 0 Å². The fourth-order valence-electron chi connectivity index (χ4n) is 0.887. The second kappa shape index (κ2) is 7.17. The average Bonchev–Trinajstić information content (AvgIpc) is 2.58. The first-order chi connectivity index (χ1) is 6.83. The van der Waals surface area contributed by atoms with Crippen molar-refractivity contribution in [2.75, 3.05) is 25.6 Å². The van der Waals surface area contributed by atoms with Crippen LogP contribution in [0.1, 0.15) is 5.76 Å². The fourth-order valence-corrected chi connectivity index (χ4v) is 1.79. The molecule has 1 N–H and O–H groups in total.